The Kier molecular flexibility index (Phi) is 20.2. The number of aromatic nitrogens is 2. The van der Waals surface area contributed by atoms with Gasteiger partial charge in [-0.15, -0.1) is 0 Å². The summed E-state index contributed by atoms with van der Waals surface area (Å²) in [5.41, 5.74) is 2.11. The molecule has 0 saturated carbocycles. The van der Waals surface area contributed by atoms with Crippen LogP contribution in [0.3, 0.4) is 0 Å². The normalized spacial score (nSPS) is 7.70. The summed E-state index contributed by atoms with van der Waals surface area (Å²) in [4.78, 5) is 23.7. The summed E-state index contributed by atoms with van der Waals surface area (Å²) in [7, 11) is 1.75. The third-order valence-electron chi connectivity index (χ3n) is 2.16. The van der Waals surface area contributed by atoms with Crippen molar-refractivity contribution in [2.45, 2.75) is 55.4 Å². The molecule has 0 atom stereocenters. The molecule has 0 radical (unpaired) electrons. The van der Waals surface area contributed by atoms with E-state index in [1.54, 1.807) is 29.9 Å². The van der Waals surface area contributed by atoms with Crippen LogP contribution in [0.4, 0.5) is 0 Å². The number of nitrogens with zero attached hydrogens (tertiary/aromatic N) is 1. The fourth-order valence-electron chi connectivity index (χ4n) is 1.28. The Morgan fingerprint density at radius 3 is 1.65 bits per heavy atom. The maximum atomic E-state index is 10.7. The average molecular weight is 322 g/mol. The van der Waals surface area contributed by atoms with Gasteiger partial charge in [-0.05, 0) is 31.0 Å². The van der Waals surface area contributed by atoms with Crippen LogP contribution in [0.2, 0.25) is 0 Å². The molecule has 0 aliphatic rings. The van der Waals surface area contributed by atoms with Crippen molar-refractivity contribution in [3.05, 3.63) is 68.5 Å². The number of nitrogens with one attached hydrogen (secondary N) is 1. The molecular formula is C19H34N2O2. The molecule has 4 nitrogen and oxygen atoms in total. The number of aromatic amines is 1. The van der Waals surface area contributed by atoms with E-state index in [2.05, 4.69) is 4.98 Å². The summed E-state index contributed by atoms with van der Waals surface area (Å²) in [6.45, 7) is 15.8. The van der Waals surface area contributed by atoms with E-state index in [1.165, 1.54) is 0 Å². The average Bonchev–Trinajstić information content (AvgIpc) is 2.57. The lowest BCUT2D eigenvalue weighted by molar-refractivity contribution is 0.852. The summed E-state index contributed by atoms with van der Waals surface area (Å²) in [5, 5.41) is 0. The van der Waals surface area contributed by atoms with Crippen LogP contribution in [-0.4, -0.2) is 9.55 Å². The molecule has 0 bridgehead atoms. The molecule has 1 N–H and O–H groups in total. The molecule has 2 aromatic rings. The molecule has 0 unspecified atom stereocenters. The molecule has 2 rings (SSSR count). The van der Waals surface area contributed by atoms with E-state index in [0.29, 0.717) is 0 Å². The van der Waals surface area contributed by atoms with Gasteiger partial charge in [-0.1, -0.05) is 47.6 Å². The van der Waals surface area contributed by atoms with Gasteiger partial charge in [-0.3, -0.25) is 9.59 Å². The van der Waals surface area contributed by atoms with E-state index in [4.69, 9.17) is 0 Å². The van der Waals surface area contributed by atoms with E-state index in [9.17, 15) is 9.59 Å². The fraction of sp³-hybridized carbons (Fsp3) is 0.474. The highest BCUT2D eigenvalue weighted by atomic mass is 16.1. The first-order valence-corrected chi connectivity index (χ1v) is 8.27. The van der Waals surface area contributed by atoms with E-state index >= 15 is 0 Å². The lowest BCUT2D eigenvalue weighted by Crippen LogP contribution is -2.13. The SMILES string of the molecule is CC.CC.CC.Cc1cc[nH]c(=O)c1.Cc1ccc(=O)n(C)c1. The minimum atomic E-state index is -0.0370. The Morgan fingerprint density at radius 1 is 0.826 bits per heavy atom. The molecule has 132 valence electrons. The van der Waals surface area contributed by atoms with Crippen LogP contribution in [0.5, 0.6) is 0 Å². The van der Waals surface area contributed by atoms with Crippen molar-refractivity contribution in [1.82, 2.24) is 9.55 Å². The molecule has 0 aliphatic heterocycles. The van der Waals surface area contributed by atoms with Crippen LogP contribution in [0.15, 0.2) is 46.2 Å². The molecule has 2 aromatic heterocycles. The zero-order chi connectivity index (χ0) is 18.8. The Balaban J connectivity index is -0.000000264. The predicted molar refractivity (Wildman–Crippen MR) is 102 cm³/mol. The van der Waals surface area contributed by atoms with Crippen LogP contribution in [0.1, 0.15) is 52.7 Å². The van der Waals surface area contributed by atoms with Gasteiger partial charge in [0.25, 0.3) is 0 Å². The van der Waals surface area contributed by atoms with Crippen molar-refractivity contribution >= 4 is 0 Å². The highest BCUT2D eigenvalue weighted by molar-refractivity contribution is 5.06. The summed E-state index contributed by atoms with van der Waals surface area (Å²) in [6.07, 6.45) is 3.44. The zero-order valence-electron chi connectivity index (χ0n) is 16.2. The lowest BCUT2D eigenvalue weighted by atomic mass is 10.3. The molecule has 2 heterocycles. The van der Waals surface area contributed by atoms with E-state index in [-0.39, 0.29) is 11.1 Å². The number of hydrogen-bond donors (Lipinski definition) is 1. The van der Waals surface area contributed by atoms with Crippen molar-refractivity contribution in [2.24, 2.45) is 7.05 Å². The number of hydrogen-bond acceptors (Lipinski definition) is 2. The Labute approximate surface area is 141 Å². The number of rotatable bonds is 0. The predicted octanol–water partition coefficient (Wildman–Crippen LogP) is 4.46. The molecule has 0 saturated heterocycles. The summed E-state index contributed by atoms with van der Waals surface area (Å²) < 4.78 is 1.56. The molecule has 23 heavy (non-hydrogen) atoms. The summed E-state index contributed by atoms with van der Waals surface area (Å²) in [5.74, 6) is 0. The molecule has 0 amide bonds. The summed E-state index contributed by atoms with van der Waals surface area (Å²) >= 11 is 0. The van der Waals surface area contributed by atoms with E-state index < -0.39 is 0 Å². The number of pyridine rings is 2. The Hall–Kier alpha value is -2.10. The first-order valence-electron chi connectivity index (χ1n) is 8.27. The largest absolute Gasteiger partial charge is 0.329 e. The standard InChI is InChI=1S/C7H9NO.C6H7NO.3C2H6/c1-6-3-4-7(9)8(2)5-6;1-5-2-3-7-6(8)4-5;3*1-2/h3-5H,1-2H3;2-4H,1H3,(H,7,8);3*1-2H3. The van der Waals surface area contributed by atoms with Crippen LogP contribution >= 0.6 is 0 Å². The molecular weight excluding hydrogens is 288 g/mol. The quantitative estimate of drug-likeness (QED) is 0.778. The summed E-state index contributed by atoms with van der Waals surface area (Å²) in [6, 6.07) is 6.78. The highest BCUT2D eigenvalue weighted by Crippen LogP contribution is 1.88. The minimum absolute atomic E-state index is 0.0370. The number of aryl methyl sites for hydroxylation is 3. The van der Waals surface area contributed by atoms with Crippen molar-refractivity contribution in [1.29, 1.82) is 0 Å². The Bertz CT molecular complexity index is 599. The maximum absolute atomic E-state index is 10.7. The van der Waals surface area contributed by atoms with E-state index in [1.807, 2.05) is 73.7 Å². The first-order chi connectivity index (χ1) is 11.0. The number of H-pyrrole nitrogens is 1. The van der Waals surface area contributed by atoms with Crippen molar-refractivity contribution in [3.63, 3.8) is 0 Å². The zero-order valence-corrected chi connectivity index (χ0v) is 16.2. The van der Waals surface area contributed by atoms with Gasteiger partial charge in [0.15, 0.2) is 0 Å². The van der Waals surface area contributed by atoms with Gasteiger partial charge < -0.3 is 9.55 Å². The second-order valence-electron chi connectivity index (χ2n) is 3.89. The van der Waals surface area contributed by atoms with Crippen molar-refractivity contribution < 1.29 is 0 Å². The molecule has 4 heteroatoms. The second-order valence-corrected chi connectivity index (χ2v) is 3.89. The van der Waals surface area contributed by atoms with Gasteiger partial charge in [0.1, 0.15) is 0 Å². The maximum Gasteiger partial charge on any atom is 0.250 e. The van der Waals surface area contributed by atoms with Gasteiger partial charge in [0.2, 0.25) is 11.1 Å². The smallest absolute Gasteiger partial charge is 0.250 e. The van der Waals surface area contributed by atoms with Crippen LogP contribution < -0.4 is 11.1 Å². The molecule has 0 fully saturated rings. The van der Waals surface area contributed by atoms with Crippen LogP contribution in [0.25, 0.3) is 0 Å². The third-order valence-corrected chi connectivity index (χ3v) is 2.16. The lowest BCUT2D eigenvalue weighted by Gasteiger charge is -1.94. The van der Waals surface area contributed by atoms with Gasteiger partial charge in [0, 0.05) is 31.6 Å². The van der Waals surface area contributed by atoms with Crippen molar-refractivity contribution in [2.75, 3.05) is 0 Å². The highest BCUT2D eigenvalue weighted by Gasteiger charge is 1.86. The van der Waals surface area contributed by atoms with Crippen molar-refractivity contribution in [3.8, 4) is 0 Å². The van der Waals surface area contributed by atoms with E-state index in [0.717, 1.165) is 11.1 Å². The third kappa shape index (κ3) is 14.6. The van der Waals surface area contributed by atoms with Crippen LogP contribution in [-0.2, 0) is 7.05 Å². The second kappa shape index (κ2) is 18.0. The molecule has 0 spiro atoms. The van der Waals surface area contributed by atoms with Gasteiger partial charge in [-0.25, -0.2) is 0 Å². The van der Waals surface area contributed by atoms with Crippen LogP contribution in [0, 0.1) is 13.8 Å². The van der Waals surface area contributed by atoms with Gasteiger partial charge in [0.05, 0.1) is 0 Å². The van der Waals surface area contributed by atoms with Gasteiger partial charge in [-0.2, -0.15) is 0 Å². The monoisotopic (exact) mass is 322 g/mol. The fourth-order valence-corrected chi connectivity index (χ4v) is 1.28. The molecule has 0 aliphatic carbocycles. The first kappa shape index (κ1) is 25.8. The van der Waals surface area contributed by atoms with Gasteiger partial charge >= 0.3 is 0 Å². The topological polar surface area (TPSA) is 54.9 Å². The molecule has 0 aromatic carbocycles. The minimum Gasteiger partial charge on any atom is -0.329 e. The Morgan fingerprint density at radius 2 is 1.35 bits per heavy atom.